The van der Waals surface area contributed by atoms with E-state index in [1.165, 1.54) is 24.6 Å². The zero-order chi connectivity index (χ0) is 13.0. The normalized spacial score (nSPS) is 14.5. The van der Waals surface area contributed by atoms with Gasteiger partial charge in [-0.15, -0.1) is 16.8 Å². The molecule has 18 heavy (non-hydrogen) atoms. The van der Waals surface area contributed by atoms with E-state index in [4.69, 9.17) is 4.74 Å². The van der Waals surface area contributed by atoms with Gasteiger partial charge < -0.3 is 9.30 Å². The van der Waals surface area contributed by atoms with E-state index >= 15 is 0 Å². The van der Waals surface area contributed by atoms with Gasteiger partial charge in [-0.2, -0.15) is 0 Å². The van der Waals surface area contributed by atoms with Gasteiger partial charge in [-0.1, -0.05) is 17.8 Å². The molecule has 98 valence electrons. The maximum Gasteiger partial charge on any atom is 0.316 e. The lowest BCUT2D eigenvalue weighted by atomic mass is 10.4. The third-order valence-corrected chi connectivity index (χ3v) is 3.56. The maximum absolute atomic E-state index is 11.3. The Bertz CT molecular complexity index is 441. The zero-order valence-corrected chi connectivity index (χ0v) is 11.3. The van der Waals surface area contributed by atoms with E-state index in [2.05, 4.69) is 16.8 Å². The van der Waals surface area contributed by atoms with E-state index in [-0.39, 0.29) is 11.7 Å². The highest BCUT2D eigenvalue weighted by molar-refractivity contribution is 7.99. The van der Waals surface area contributed by atoms with Gasteiger partial charge in [0.2, 0.25) is 0 Å². The monoisotopic (exact) mass is 267 g/mol. The first-order valence-electron chi connectivity index (χ1n) is 6.08. The van der Waals surface area contributed by atoms with E-state index in [0.29, 0.717) is 19.1 Å². The number of carbonyl (C=O) groups excluding carboxylic acids is 1. The van der Waals surface area contributed by atoms with Crippen LogP contribution < -0.4 is 0 Å². The minimum absolute atomic E-state index is 0.219. The van der Waals surface area contributed by atoms with Crippen molar-refractivity contribution in [1.29, 1.82) is 0 Å². The molecule has 0 atom stereocenters. The number of esters is 1. The van der Waals surface area contributed by atoms with Crippen LogP contribution in [-0.2, 0) is 16.1 Å². The van der Waals surface area contributed by atoms with Gasteiger partial charge in [0.05, 0.1) is 12.4 Å². The molecule has 0 N–H and O–H groups in total. The van der Waals surface area contributed by atoms with Crippen LogP contribution in [0.3, 0.4) is 0 Å². The second kappa shape index (κ2) is 6.04. The molecule has 0 amide bonds. The first-order valence-corrected chi connectivity index (χ1v) is 7.07. The Kier molecular flexibility index (Phi) is 4.41. The van der Waals surface area contributed by atoms with Crippen LogP contribution in [-0.4, -0.2) is 33.1 Å². The van der Waals surface area contributed by atoms with Crippen LogP contribution in [0.4, 0.5) is 0 Å². The molecule has 0 unspecified atom stereocenters. The molecule has 0 aliphatic heterocycles. The third kappa shape index (κ3) is 3.13. The van der Waals surface area contributed by atoms with Crippen molar-refractivity contribution < 1.29 is 9.53 Å². The molecule has 0 spiro atoms. The zero-order valence-electron chi connectivity index (χ0n) is 10.5. The van der Waals surface area contributed by atoms with Crippen LogP contribution in [0.25, 0.3) is 0 Å². The number of aromatic nitrogens is 3. The maximum atomic E-state index is 11.3. The summed E-state index contributed by atoms with van der Waals surface area (Å²) in [7, 11) is 0. The van der Waals surface area contributed by atoms with Crippen LogP contribution in [0.2, 0.25) is 0 Å². The molecule has 1 aromatic heterocycles. The fraction of sp³-hybridized carbons (Fsp3) is 0.583. The van der Waals surface area contributed by atoms with Gasteiger partial charge in [-0.05, 0) is 19.8 Å². The summed E-state index contributed by atoms with van der Waals surface area (Å²) in [4.78, 5) is 11.3. The molecule has 1 saturated carbocycles. The molecule has 1 heterocycles. The van der Waals surface area contributed by atoms with Gasteiger partial charge in [-0.3, -0.25) is 4.79 Å². The Labute approximate surface area is 111 Å². The Morgan fingerprint density at radius 2 is 2.39 bits per heavy atom. The van der Waals surface area contributed by atoms with Crippen molar-refractivity contribution in [2.75, 3.05) is 12.4 Å². The molecule has 0 radical (unpaired) electrons. The van der Waals surface area contributed by atoms with Crippen molar-refractivity contribution in [3.05, 3.63) is 18.5 Å². The van der Waals surface area contributed by atoms with Gasteiger partial charge in [0.15, 0.2) is 5.16 Å². The molecule has 6 heteroatoms. The molecule has 0 saturated heterocycles. The van der Waals surface area contributed by atoms with Crippen LogP contribution in [0.1, 0.15) is 31.5 Å². The predicted molar refractivity (Wildman–Crippen MR) is 69.6 cm³/mol. The molecule has 1 fully saturated rings. The van der Waals surface area contributed by atoms with Gasteiger partial charge in [0, 0.05) is 12.5 Å². The Morgan fingerprint density at radius 1 is 1.61 bits per heavy atom. The van der Waals surface area contributed by atoms with E-state index in [1.54, 1.807) is 6.92 Å². The summed E-state index contributed by atoms with van der Waals surface area (Å²) in [5.74, 6) is 1.60. The number of allylic oxidation sites excluding steroid dienone is 1. The lowest BCUT2D eigenvalue weighted by Crippen LogP contribution is -2.08. The van der Waals surface area contributed by atoms with E-state index < -0.39 is 0 Å². The van der Waals surface area contributed by atoms with E-state index in [0.717, 1.165) is 11.0 Å². The molecular formula is C12H17N3O2S. The number of carbonyl (C=O) groups is 1. The van der Waals surface area contributed by atoms with Gasteiger partial charge in [-0.25, -0.2) is 0 Å². The minimum Gasteiger partial charge on any atom is -0.465 e. The van der Waals surface area contributed by atoms with Crippen LogP contribution >= 0.6 is 11.8 Å². The first kappa shape index (κ1) is 13.1. The van der Waals surface area contributed by atoms with Crippen molar-refractivity contribution in [2.24, 2.45) is 0 Å². The first-order chi connectivity index (χ1) is 8.76. The summed E-state index contributed by atoms with van der Waals surface area (Å²) in [6.07, 6.45) is 4.18. The van der Waals surface area contributed by atoms with Crippen LogP contribution in [0, 0.1) is 0 Å². The van der Waals surface area contributed by atoms with Crippen LogP contribution in [0.15, 0.2) is 17.8 Å². The van der Waals surface area contributed by atoms with E-state index in [9.17, 15) is 4.79 Å². The summed E-state index contributed by atoms with van der Waals surface area (Å²) < 4.78 is 6.93. The van der Waals surface area contributed by atoms with Crippen molar-refractivity contribution in [2.45, 2.75) is 37.4 Å². The second-order valence-corrected chi connectivity index (χ2v) is 5.05. The number of hydrogen-bond donors (Lipinski definition) is 0. The molecule has 0 aromatic carbocycles. The predicted octanol–water partition coefficient (Wildman–Crippen LogP) is 2.00. The average molecular weight is 267 g/mol. The van der Waals surface area contributed by atoms with E-state index in [1.807, 2.05) is 10.6 Å². The summed E-state index contributed by atoms with van der Waals surface area (Å²) in [5.41, 5.74) is 0. The molecule has 1 aliphatic rings. The Hall–Kier alpha value is -1.30. The third-order valence-electron chi connectivity index (χ3n) is 2.62. The van der Waals surface area contributed by atoms with Gasteiger partial charge in [0.1, 0.15) is 5.82 Å². The largest absolute Gasteiger partial charge is 0.465 e. The Morgan fingerprint density at radius 3 is 3.00 bits per heavy atom. The number of rotatable bonds is 7. The molecular weight excluding hydrogens is 250 g/mol. The molecule has 2 rings (SSSR count). The van der Waals surface area contributed by atoms with Gasteiger partial charge >= 0.3 is 5.97 Å². The summed E-state index contributed by atoms with van der Waals surface area (Å²) >= 11 is 1.37. The fourth-order valence-corrected chi connectivity index (χ4v) is 2.43. The topological polar surface area (TPSA) is 57.0 Å². The van der Waals surface area contributed by atoms with Crippen molar-refractivity contribution in [1.82, 2.24) is 14.8 Å². The SMILES string of the molecule is C=CCn1c(SCC(=O)OCC)nnc1C1CC1. The number of ether oxygens (including phenoxy) is 1. The van der Waals surface area contributed by atoms with Crippen molar-refractivity contribution in [3.8, 4) is 0 Å². The van der Waals surface area contributed by atoms with Crippen LogP contribution in [0.5, 0.6) is 0 Å². The van der Waals surface area contributed by atoms with Crippen molar-refractivity contribution in [3.63, 3.8) is 0 Å². The lowest BCUT2D eigenvalue weighted by molar-refractivity contribution is -0.139. The standard InChI is InChI=1S/C12H17N3O2S/c1-3-7-15-11(9-5-6-9)13-14-12(15)18-8-10(16)17-4-2/h3,9H,1,4-8H2,2H3. The Balaban J connectivity index is 2.02. The quantitative estimate of drug-likeness (QED) is 0.429. The number of nitrogens with zero attached hydrogens (tertiary/aromatic N) is 3. The second-order valence-electron chi connectivity index (χ2n) is 4.11. The highest BCUT2D eigenvalue weighted by Gasteiger charge is 2.30. The highest BCUT2D eigenvalue weighted by atomic mass is 32.2. The molecule has 0 bridgehead atoms. The van der Waals surface area contributed by atoms with Crippen molar-refractivity contribution >= 4 is 17.7 Å². The van der Waals surface area contributed by atoms with Gasteiger partial charge in [0.25, 0.3) is 0 Å². The summed E-state index contributed by atoms with van der Waals surface area (Å²) in [6.45, 7) is 6.64. The summed E-state index contributed by atoms with van der Waals surface area (Å²) in [6, 6.07) is 0. The number of thioether (sulfide) groups is 1. The molecule has 1 aliphatic carbocycles. The smallest absolute Gasteiger partial charge is 0.316 e. The number of hydrogen-bond acceptors (Lipinski definition) is 5. The lowest BCUT2D eigenvalue weighted by Gasteiger charge is -2.06. The molecule has 1 aromatic rings. The summed E-state index contributed by atoms with van der Waals surface area (Å²) in [5, 5.41) is 9.13. The minimum atomic E-state index is -0.219. The fourth-order valence-electron chi connectivity index (χ4n) is 1.68. The molecule has 5 nitrogen and oxygen atoms in total. The highest BCUT2D eigenvalue weighted by Crippen LogP contribution is 2.40. The average Bonchev–Trinajstić information content (AvgIpc) is 3.11.